The molecule has 0 aliphatic carbocycles. The van der Waals surface area contributed by atoms with Gasteiger partial charge in [-0.3, -0.25) is 14.6 Å². The maximum Gasteiger partial charge on any atom is 0.275 e. The van der Waals surface area contributed by atoms with E-state index in [4.69, 9.17) is 28.2 Å². The number of carbonyl (C=O) groups excluding carboxylic acids is 2. The van der Waals surface area contributed by atoms with Crippen molar-refractivity contribution < 1.29 is 9.59 Å². The summed E-state index contributed by atoms with van der Waals surface area (Å²) in [6.07, 6.45) is 6.56. The summed E-state index contributed by atoms with van der Waals surface area (Å²) in [7, 11) is 0. The highest BCUT2D eigenvalue weighted by Crippen LogP contribution is 2.41. The van der Waals surface area contributed by atoms with Gasteiger partial charge in [0.25, 0.3) is 11.8 Å². The van der Waals surface area contributed by atoms with Gasteiger partial charge >= 0.3 is 0 Å². The lowest BCUT2D eigenvalue weighted by molar-refractivity contribution is -0.131. The minimum absolute atomic E-state index is 0.135. The van der Waals surface area contributed by atoms with E-state index in [-0.39, 0.29) is 24.4 Å². The van der Waals surface area contributed by atoms with E-state index in [1.807, 2.05) is 17.0 Å². The smallest absolute Gasteiger partial charge is 0.275 e. The Morgan fingerprint density at radius 2 is 1.76 bits per heavy atom. The molecule has 0 radical (unpaired) electrons. The Labute approximate surface area is 257 Å². The predicted molar refractivity (Wildman–Crippen MR) is 166 cm³/mol. The SMILES string of the molecule is CCCCCC(c1ccc(C(=O)NCc2nn[nH]n2)cc1)N1C(=O)C(c2cc(Cl)cc(Cl)c2)=NC1(C)CCCC(C)C. The number of tetrazole rings is 1. The average Bonchev–Trinajstić information content (AvgIpc) is 3.55. The van der Waals surface area contributed by atoms with E-state index < -0.39 is 5.66 Å². The van der Waals surface area contributed by atoms with Gasteiger partial charge in [-0.15, -0.1) is 10.2 Å². The standard InChI is InChI=1S/C31H39Cl2N7O2/c1-5-6-7-10-26(21-11-13-22(14-12-21)29(41)34-19-27-36-38-39-37-27)40-30(42)28(23-16-24(32)18-25(33)17-23)35-31(40,4)15-8-9-20(2)3/h11-14,16-18,20,26H,5-10,15,19H2,1-4H3,(H,34,41)(H,36,37,38,39). The monoisotopic (exact) mass is 611 g/mol. The van der Waals surface area contributed by atoms with Crippen LogP contribution < -0.4 is 5.32 Å². The van der Waals surface area contributed by atoms with Gasteiger partial charge in [-0.1, -0.05) is 87.0 Å². The highest BCUT2D eigenvalue weighted by Gasteiger charge is 2.47. The number of amides is 2. The molecule has 1 aliphatic heterocycles. The Balaban J connectivity index is 1.66. The molecule has 1 aromatic heterocycles. The molecule has 0 saturated carbocycles. The van der Waals surface area contributed by atoms with Crippen LogP contribution >= 0.6 is 23.2 Å². The first kappa shape index (κ1) is 31.6. The van der Waals surface area contributed by atoms with Gasteiger partial charge in [-0.25, -0.2) is 0 Å². The number of nitrogens with one attached hydrogen (secondary N) is 2. The van der Waals surface area contributed by atoms with Crippen LogP contribution in [0, 0.1) is 5.92 Å². The second kappa shape index (κ2) is 14.2. The van der Waals surface area contributed by atoms with Crippen LogP contribution in [0.25, 0.3) is 0 Å². The minimum Gasteiger partial charge on any atom is -0.345 e. The van der Waals surface area contributed by atoms with Crippen LogP contribution in [0.4, 0.5) is 0 Å². The van der Waals surface area contributed by atoms with E-state index in [1.165, 1.54) is 0 Å². The number of benzene rings is 2. The van der Waals surface area contributed by atoms with E-state index in [2.05, 4.69) is 53.6 Å². The van der Waals surface area contributed by atoms with E-state index >= 15 is 0 Å². The number of carbonyl (C=O) groups is 2. The molecule has 2 aromatic carbocycles. The Morgan fingerprint density at radius 1 is 1.05 bits per heavy atom. The first-order valence-electron chi connectivity index (χ1n) is 14.6. The molecule has 0 fully saturated rings. The predicted octanol–water partition coefficient (Wildman–Crippen LogP) is 6.93. The van der Waals surface area contributed by atoms with Gasteiger partial charge in [0.1, 0.15) is 11.4 Å². The van der Waals surface area contributed by atoms with Crippen molar-refractivity contribution in [2.24, 2.45) is 10.9 Å². The lowest BCUT2D eigenvalue weighted by Gasteiger charge is -2.40. The molecule has 2 N–H and O–H groups in total. The lowest BCUT2D eigenvalue weighted by atomic mass is 9.92. The Kier molecular flexibility index (Phi) is 10.7. The van der Waals surface area contributed by atoms with E-state index in [1.54, 1.807) is 30.3 Å². The van der Waals surface area contributed by atoms with Gasteiger partial charge < -0.3 is 10.2 Å². The number of nitrogens with zero attached hydrogens (tertiary/aromatic N) is 5. The van der Waals surface area contributed by atoms with Crippen molar-refractivity contribution in [3.05, 3.63) is 75.0 Å². The van der Waals surface area contributed by atoms with E-state index in [9.17, 15) is 9.59 Å². The van der Waals surface area contributed by atoms with Crippen LogP contribution in [0.2, 0.25) is 10.0 Å². The zero-order valence-electron chi connectivity index (χ0n) is 24.7. The molecule has 42 heavy (non-hydrogen) atoms. The number of aromatic nitrogens is 4. The number of aliphatic imine (C=N–C) groups is 1. The van der Waals surface area contributed by atoms with E-state index in [0.717, 1.165) is 50.5 Å². The molecule has 2 amide bonds. The maximum atomic E-state index is 14.3. The number of aromatic amines is 1. The average molecular weight is 613 g/mol. The summed E-state index contributed by atoms with van der Waals surface area (Å²) in [6.45, 7) is 8.79. The molecule has 2 unspecified atom stereocenters. The van der Waals surface area contributed by atoms with Crippen molar-refractivity contribution >= 4 is 40.7 Å². The summed E-state index contributed by atoms with van der Waals surface area (Å²) in [6, 6.07) is 12.4. The molecule has 4 rings (SSSR count). The fourth-order valence-corrected chi connectivity index (χ4v) is 5.99. The molecule has 11 heteroatoms. The normalized spacial score (nSPS) is 17.5. The van der Waals surface area contributed by atoms with Gasteiger partial charge in [0.15, 0.2) is 5.82 Å². The summed E-state index contributed by atoms with van der Waals surface area (Å²) >= 11 is 12.7. The molecular weight excluding hydrogens is 573 g/mol. The minimum atomic E-state index is -0.742. The second-order valence-corrected chi connectivity index (χ2v) is 12.3. The molecule has 2 heterocycles. The third-order valence-corrected chi connectivity index (χ3v) is 8.04. The zero-order chi connectivity index (χ0) is 30.3. The van der Waals surface area contributed by atoms with Crippen LogP contribution in [0.3, 0.4) is 0 Å². The Morgan fingerprint density at radius 3 is 2.38 bits per heavy atom. The van der Waals surface area contributed by atoms with E-state index in [0.29, 0.717) is 38.6 Å². The Hall–Kier alpha value is -3.30. The van der Waals surface area contributed by atoms with Crippen LogP contribution in [0.1, 0.15) is 106 Å². The number of rotatable bonds is 14. The lowest BCUT2D eigenvalue weighted by Crippen LogP contribution is -2.47. The van der Waals surface area contributed by atoms with Crippen molar-refractivity contribution in [3.8, 4) is 0 Å². The maximum absolute atomic E-state index is 14.3. The summed E-state index contributed by atoms with van der Waals surface area (Å²) in [5, 5.41) is 17.3. The fraction of sp³-hybridized carbons (Fsp3) is 0.484. The number of H-pyrrole nitrogens is 1. The van der Waals surface area contributed by atoms with Crippen molar-refractivity contribution in [3.63, 3.8) is 0 Å². The molecule has 1 aliphatic rings. The second-order valence-electron chi connectivity index (χ2n) is 11.4. The zero-order valence-corrected chi connectivity index (χ0v) is 26.2. The van der Waals surface area contributed by atoms with Crippen LogP contribution in [0.15, 0.2) is 47.5 Å². The van der Waals surface area contributed by atoms with Crippen molar-refractivity contribution in [1.29, 1.82) is 0 Å². The third-order valence-electron chi connectivity index (χ3n) is 7.61. The summed E-state index contributed by atoms with van der Waals surface area (Å²) < 4.78 is 0. The molecule has 224 valence electrons. The van der Waals surface area contributed by atoms with Crippen LogP contribution in [0.5, 0.6) is 0 Å². The van der Waals surface area contributed by atoms with Gasteiger partial charge in [0, 0.05) is 21.2 Å². The first-order chi connectivity index (χ1) is 20.1. The summed E-state index contributed by atoms with van der Waals surface area (Å²) in [5.74, 6) is 0.572. The quantitative estimate of drug-likeness (QED) is 0.192. The summed E-state index contributed by atoms with van der Waals surface area (Å²) in [4.78, 5) is 34.1. The number of unbranched alkanes of at least 4 members (excludes halogenated alkanes) is 2. The number of halogens is 2. The molecule has 0 spiro atoms. The van der Waals surface area contributed by atoms with Crippen LogP contribution in [-0.4, -0.2) is 48.7 Å². The molecule has 2 atom stereocenters. The largest absolute Gasteiger partial charge is 0.345 e. The summed E-state index contributed by atoms with van der Waals surface area (Å²) in [5.41, 5.74) is 1.73. The number of hydrogen-bond donors (Lipinski definition) is 2. The highest BCUT2D eigenvalue weighted by atomic mass is 35.5. The topological polar surface area (TPSA) is 116 Å². The third kappa shape index (κ3) is 7.75. The van der Waals surface area contributed by atoms with Crippen molar-refractivity contribution in [1.82, 2.24) is 30.8 Å². The van der Waals surface area contributed by atoms with Gasteiger partial charge in [-0.05, 0) is 68.0 Å². The van der Waals surface area contributed by atoms with Gasteiger partial charge in [-0.2, -0.15) is 5.21 Å². The van der Waals surface area contributed by atoms with Crippen molar-refractivity contribution in [2.45, 2.75) is 90.9 Å². The molecule has 0 saturated heterocycles. The molecule has 0 bridgehead atoms. The van der Waals surface area contributed by atoms with Gasteiger partial charge in [0.2, 0.25) is 0 Å². The molecular formula is C31H39Cl2N7O2. The van der Waals surface area contributed by atoms with Gasteiger partial charge in [0.05, 0.1) is 12.6 Å². The van der Waals surface area contributed by atoms with Crippen molar-refractivity contribution in [2.75, 3.05) is 0 Å². The number of hydrogen-bond acceptors (Lipinski definition) is 6. The first-order valence-corrected chi connectivity index (χ1v) is 15.4. The Bertz CT molecular complexity index is 1370. The highest BCUT2D eigenvalue weighted by molar-refractivity contribution is 6.47. The molecule has 3 aromatic rings. The van der Waals surface area contributed by atoms with Crippen LogP contribution in [-0.2, 0) is 11.3 Å². The molecule has 9 nitrogen and oxygen atoms in total. The fourth-order valence-electron chi connectivity index (χ4n) is 5.46.